The van der Waals surface area contributed by atoms with Gasteiger partial charge in [0.25, 0.3) is 20.8 Å². The zero-order valence-corrected chi connectivity index (χ0v) is 47.7. The molecule has 0 radical (unpaired) electrons. The summed E-state index contributed by atoms with van der Waals surface area (Å²) in [6, 6.07) is 0. The second-order valence-electron chi connectivity index (χ2n) is 15.2. The molecule has 0 atom stereocenters. The topological polar surface area (TPSA) is 402 Å². The van der Waals surface area contributed by atoms with Crippen LogP contribution < -0.4 is 41.7 Å². The van der Waals surface area contributed by atoms with Gasteiger partial charge in [0.1, 0.15) is 53.8 Å². The number of rotatable bonds is 16. The number of nitrogens with zero attached hydrogens (tertiary/aromatic N) is 28. The predicted octanol–water partition coefficient (Wildman–Crippen LogP) is 0.721. The van der Waals surface area contributed by atoms with Crippen LogP contribution in [0.1, 0.15) is 27.7 Å². The van der Waals surface area contributed by atoms with Gasteiger partial charge in [0.2, 0.25) is 5.95 Å². The minimum atomic E-state index is -0.891. The zero-order chi connectivity index (χ0) is 61.9. The van der Waals surface area contributed by atoms with Crippen molar-refractivity contribution in [1.82, 2.24) is 140 Å². The van der Waals surface area contributed by atoms with Crippen LogP contribution in [-0.2, 0) is 54.6 Å². The van der Waals surface area contributed by atoms with Crippen molar-refractivity contribution in [3.05, 3.63) is 157 Å². The lowest BCUT2D eigenvalue weighted by Crippen LogP contribution is -2.24. The van der Waals surface area contributed by atoms with Crippen LogP contribution in [0.25, 0.3) is 22.7 Å². The third-order valence-corrected chi connectivity index (χ3v) is 13.6. The minimum absolute atomic E-state index is 0.000343. The molecule has 426 valence electrons. The van der Waals surface area contributed by atoms with Gasteiger partial charge in [0.05, 0.1) is 53.2 Å². The lowest BCUT2D eigenvalue weighted by atomic mass is 10.2. The molecule has 0 aliphatic rings. The number of hydrogen-bond acceptors (Lipinski definition) is 32. The van der Waals surface area contributed by atoms with Gasteiger partial charge in [0, 0.05) is 80.0 Å². The first-order chi connectivity index (χ1) is 41.8. The third-order valence-electron chi connectivity index (χ3n) is 10.1. The van der Waals surface area contributed by atoms with Gasteiger partial charge in [0.15, 0.2) is 5.15 Å². The van der Waals surface area contributed by atoms with Crippen LogP contribution in [0.4, 0.5) is 4.39 Å². The summed E-state index contributed by atoms with van der Waals surface area (Å²) in [5.74, 6) is -0.891. The molecule has 12 heterocycles. The first-order valence-electron chi connectivity index (χ1n) is 24.3. The summed E-state index contributed by atoms with van der Waals surface area (Å²) in [7, 11) is 5.89. The van der Waals surface area contributed by atoms with E-state index in [9.17, 15) is 23.6 Å². The molecule has 0 aromatic carbocycles. The fraction of sp³-hybridized carbons (Fsp3) is 0.200. The van der Waals surface area contributed by atoms with Crippen LogP contribution >= 0.6 is 72.9 Å². The molecule has 43 heteroatoms. The van der Waals surface area contributed by atoms with E-state index in [1.807, 2.05) is 0 Å². The van der Waals surface area contributed by atoms with Crippen molar-refractivity contribution in [2.45, 2.75) is 26.4 Å². The van der Waals surface area contributed by atoms with Gasteiger partial charge in [-0.3, -0.25) is 0 Å². The highest BCUT2D eigenvalue weighted by molar-refractivity contribution is 9.10. The largest absolute Gasteiger partial charge is 0.465 e. The van der Waals surface area contributed by atoms with Crippen molar-refractivity contribution >= 4 is 72.9 Å². The van der Waals surface area contributed by atoms with E-state index >= 15 is 0 Å². The first-order valence-corrected chi connectivity index (χ1v) is 27.0. The Bertz CT molecular complexity index is 4260. The second kappa shape index (κ2) is 27.1. The Morgan fingerprint density at radius 2 is 0.819 bits per heavy atom. The highest BCUT2D eigenvalue weighted by atomic mass is 79.9. The summed E-state index contributed by atoms with van der Waals surface area (Å²) >= 11 is 14.0. The van der Waals surface area contributed by atoms with Crippen molar-refractivity contribution in [1.29, 1.82) is 0 Å². The Morgan fingerprint density at radius 1 is 0.470 bits per heavy atom. The third kappa shape index (κ3) is 14.0. The number of tetrazole rings is 4. The maximum Gasteiger partial charge on any atom is 0.368 e. The van der Waals surface area contributed by atoms with Gasteiger partial charge in [-0.15, -0.1) is 15.3 Å². The lowest BCUT2D eigenvalue weighted by molar-refractivity contribution is 0.294. The van der Waals surface area contributed by atoms with Gasteiger partial charge >= 0.3 is 22.8 Å². The zero-order valence-electron chi connectivity index (χ0n) is 46.1. The summed E-state index contributed by atoms with van der Waals surface area (Å²) in [5, 5.41) is 66.3. The summed E-state index contributed by atoms with van der Waals surface area (Å²) in [5.41, 5.74) is 0.997. The molecule has 0 bridgehead atoms. The second-order valence-corrected chi connectivity index (χ2v) is 19.6. The Morgan fingerprint density at radius 3 is 1.24 bits per heavy atom. The van der Waals surface area contributed by atoms with Crippen molar-refractivity contribution in [2.75, 3.05) is 0 Å². The monoisotopic (exact) mass is 1300 g/mol. The number of thiazole rings is 4. The van der Waals surface area contributed by atoms with Crippen LogP contribution in [-0.4, -0.2) is 140 Å². The highest BCUT2D eigenvalue weighted by Crippen LogP contribution is 2.25. The summed E-state index contributed by atoms with van der Waals surface area (Å²) < 4.78 is 73.9. The fourth-order valence-electron chi connectivity index (χ4n) is 6.12. The quantitative estimate of drug-likeness (QED) is 0.129. The van der Waals surface area contributed by atoms with Crippen LogP contribution in [0.3, 0.4) is 0 Å². The standard InChI is InChI=1S/C10H8BrN7O2S.C10H8ClN7O2S.C10H8FN7O2S.C10H9N7O2S/c3*1-17-10(19)18(16-15-17)7-4-13-14-8(11)6(7)5-20-9-12-2-3-21-9;1-16-10(18)17(15-14-16)8-5-13-12-4-7(8)6-19-9-11-2-3-20-9/h3*2-4H,5H2,1H3;2-5H,6H2,1H3/i4*2T. The predicted molar refractivity (Wildman–Crippen MR) is 287 cm³/mol. The number of halogens is 3. The van der Waals surface area contributed by atoms with Crippen molar-refractivity contribution in [2.24, 2.45) is 28.2 Å². The van der Waals surface area contributed by atoms with E-state index in [0.29, 0.717) is 53.9 Å². The molecule has 36 nitrogen and oxygen atoms in total. The number of aryl methyl sites for hydroxylation is 4. The molecule has 0 saturated carbocycles. The number of aromatic nitrogens is 28. The summed E-state index contributed by atoms with van der Waals surface area (Å²) in [6.45, 7) is -0.0332. The molecule has 0 unspecified atom stereocenters. The summed E-state index contributed by atoms with van der Waals surface area (Å²) in [4.78, 5) is 63.1. The van der Waals surface area contributed by atoms with E-state index in [2.05, 4.69) is 118 Å². The molecule has 12 rings (SSSR count). The summed E-state index contributed by atoms with van der Waals surface area (Å²) in [6.07, 6.45) is 7.28. The Balaban J connectivity index is 0.000000138. The van der Waals surface area contributed by atoms with Crippen LogP contribution in [0.5, 0.6) is 20.8 Å². The molecule has 12 aromatic rings. The number of hydrogen-bond donors (Lipinski definition) is 0. The van der Waals surface area contributed by atoms with Crippen LogP contribution in [0.2, 0.25) is 5.15 Å². The van der Waals surface area contributed by atoms with Gasteiger partial charge in [-0.25, -0.2) is 39.1 Å². The number of ether oxygens (including phenoxy) is 4. The molecular formula is C40H33BrClFN28O8S4. The lowest BCUT2D eigenvalue weighted by Gasteiger charge is -2.08. The molecule has 0 spiro atoms. The average Bonchev–Trinajstić information content (AvgIpc) is 2.56. The maximum absolute atomic E-state index is 13.9. The first kappa shape index (κ1) is 52.6. The molecule has 0 aliphatic heterocycles. The molecule has 83 heavy (non-hydrogen) atoms. The van der Waals surface area contributed by atoms with Crippen LogP contribution in [0, 0.1) is 5.95 Å². The molecule has 0 saturated heterocycles. The average molecular weight is 1300 g/mol. The fourth-order valence-corrected chi connectivity index (χ4v) is 8.48. The van der Waals surface area contributed by atoms with E-state index in [0.717, 1.165) is 48.8 Å². The van der Waals surface area contributed by atoms with E-state index < -0.39 is 28.7 Å². The Kier molecular flexibility index (Phi) is 17.2. The molecule has 0 amide bonds. The molecule has 12 aromatic heterocycles. The van der Waals surface area contributed by atoms with Crippen LogP contribution in [0.15, 0.2) is 101 Å². The molecular weight excluding hydrogens is 1260 g/mol. The van der Waals surface area contributed by atoms with Gasteiger partial charge in [-0.2, -0.15) is 67.3 Å². The van der Waals surface area contributed by atoms with E-state index in [1.54, 1.807) is 10.8 Å². The van der Waals surface area contributed by atoms with E-state index in [1.165, 1.54) is 104 Å². The van der Waals surface area contributed by atoms with Gasteiger partial charge in [-0.05, 0) is 57.6 Å². The van der Waals surface area contributed by atoms with Gasteiger partial charge in [-0.1, -0.05) is 56.9 Å². The Hall–Kier alpha value is -9.78. The van der Waals surface area contributed by atoms with E-state index in [-0.39, 0.29) is 72.7 Å². The minimum Gasteiger partial charge on any atom is -0.465 e. The SMILES string of the molecule is [3H]c1csc(OCc2c(-n3nnn(C)c3=O)cnnc2Br)n1.[3H]c1csc(OCc2c(-n3nnn(C)c3=O)cnnc2Cl)n1.[3H]c1csc(OCc2c(-n3nnn(C)c3=O)cnnc2F)n1.[3H]c1csc(OCc2cnncc2-n2nnn(C)c2=O)n1. The van der Waals surface area contributed by atoms with Crippen molar-refractivity contribution in [3.8, 4) is 43.5 Å². The van der Waals surface area contributed by atoms with Crippen molar-refractivity contribution < 1.29 is 28.8 Å². The van der Waals surface area contributed by atoms with E-state index in [4.69, 9.17) is 36.0 Å². The van der Waals surface area contributed by atoms with Crippen molar-refractivity contribution in [3.63, 3.8) is 0 Å². The molecule has 0 fully saturated rings. The van der Waals surface area contributed by atoms with Gasteiger partial charge < -0.3 is 18.9 Å². The maximum atomic E-state index is 13.9. The molecule has 0 aliphatic carbocycles. The smallest absolute Gasteiger partial charge is 0.368 e. The molecule has 0 N–H and O–H groups in total. The Labute approximate surface area is 494 Å². The normalized spacial score (nSPS) is 11.4. The highest BCUT2D eigenvalue weighted by Gasteiger charge is 2.21.